The number of rotatable bonds is 3. The standard InChI is InChI=1S/C14H15BrN2O/c1-17(12-3-2-4-13(18)8-12)9-10-5-6-11(15)7-14(10)16/h2-8,18H,9,16H2,1H3. The number of anilines is 2. The summed E-state index contributed by atoms with van der Waals surface area (Å²) in [5, 5.41) is 9.46. The molecule has 0 fully saturated rings. The van der Waals surface area contributed by atoms with Crippen molar-refractivity contribution in [1.82, 2.24) is 0 Å². The molecule has 2 aromatic carbocycles. The highest BCUT2D eigenvalue weighted by Crippen LogP contribution is 2.24. The van der Waals surface area contributed by atoms with Gasteiger partial charge in [-0.3, -0.25) is 0 Å². The van der Waals surface area contributed by atoms with Crippen molar-refractivity contribution in [2.24, 2.45) is 0 Å². The maximum atomic E-state index is 9.46. The number of aromatic hydroxyl groups is 1. The van der Waals surface area contributed by atoms with Gasteiger partial charge in [0.2, 0.25) is 0 Å². The number of hydrogen-bond acceptors (Lipinski definition) is 3. The van der Waals surface area contributed by atoms with E-state index in [9.17, 15) is 5.11 Å². The van der Waals surface area contributed by atoms with Crippen LogP contribution in [0.5, 0.6) is 5.75 Å². The molecular weight excluding hydrogens is 292 g/mol. The molecule has 0 aliphatic rings. The van der Waals surface area contributed by atoms with Crippen LogP contribution in [-0.2, 0) is 6.54 Å². The van der Waals surface area contributed by atoms with Crippen LogP contribution in [0.4, 0.5) is 11.4 Å². The van der Waals surface area contributed by atoms with Crippen molar-refractivity contribution in [1.29, 1.82) is 0 Å². The minimum absolute atomic E-state index is 0.267. The second-order valence-corrected chi connectivity index (χ2v) is 5.13. The number of halogens is 1. The van der Waals surface area contributed by atoms with Crippen LogP contribution in [-0.4, -0.2) is 12.2 Å². The highest BCUT2D eigenvalue weighted by atomic mass is 79.9. The van der Waals surface area contributed by atoms with Gasteiger partial charge >= 0.3 is 0 Å². The normalized spacial score (nSPS) is 10.3. The van der Waals surface area contributed by atoms with Gasteiger partial charge in [-0.15, -0.1) is 0 Å². The van der Waals surface area contributed by atoms with Gasteiger partial charge in [0.25, 0.3) is 0 Å². The molecule has 2 aromatic rings. The Morgan fingerprint density at radius 3 is 2.67 bits per heavy atom. The molecule has 4 heteroatoms. The fourth-order valence-corrected chi connectivity index (χ4v) is 2.17. The Hall–Kier alpha value is -1.68. The highest BCUT2D eigenvalue weighted by molar-refractivity contribution is 9.10. The predicted octanol–water partition coefficient (Wildman–Crippen LogP) is 3.37. The second kappa shape index (κ2) is 5.31. The van der Waals surface area contributed by atoms with E-state index in [4.69, 9.17) is 5.73 Å². The first-order chi connectivity index (χ1) is 8.56. The van der Waals surface area contributed by atoms with Crippen LogP contribution in [0.15, 0.2) is 46.9 Å². The maximum absolute atomic E-state index is 9.46. The predicted molar refractivity (Wildman–Crippen MR) is 78.8 cm³/mol. The van der Waals surface area contributed by atoms with Gasteiger partial charge in [0.15, 0.2) is 0 Å². The molecule has 0 amide bonds. The lowest BCUT2D eigenvalue weighted by Crippen LogP contribution is -2.17. The van der Waals surface area contributed by atoms with Gasteiger partial charge in [-0.25, -0.2) is 0 Å². The Morgan fingerprint density at radius 2 is 2.00 bits per heavy atom. The third kappa shape index (κ3) is 2.96. The molecule has 0 saturated carbocycles. The fourth-order valence-electron chi connectivity index (χ4n) is 1.79. The Bertz CT molecular complexity index is 557. The lowest BCUT2D eigenvalue weighted by Gasteiger charge is -2.20. The molecule has 3 N–H and O–H groups in total. The summed E-state index contributed by atoms with van der Waals surface area (Å²) in [5.41, 5.74) is 8.75. The number of nitrogen functional groups attached to an aromatic ring is 1. The average molecular weight is 307 g/mol. The van der Waals surface area contributed by atoms with Gasteiger partial charge in [0, 0.05) is 35.5 Å². The SMILES string of the molecule is CN(Cc1ccc(Br)cc1N)c1cccc(O)c1. The zero-order valence-corrected chi connectivity index (χ0v) is 11.7. The summed E-state index contributed by atoms with van der Waals surface area (Å²) in [7, 11) is 1.97. The van der Waals surface area contributed by atoms with Gasteiger partial charge in [-0.2, -0.15) is 0 Å². The molecule has 0 heterocycles. The quantitative estimate of drug-likeness (QED) is 0.855. The lowest BCUT2D eigenvalue weighted by atomic mass is 10.1. The minimum atomic E-state index is 0.267. The number of phenols is 1. The van der Waals surface area contributed by atoms with Crippen molar-refractivity contribution in [3.63, 3.8) is 0 Å². The second-order valence-electron chi connectivity index (χ2n) is 4.22. The summed E-state index contributed by atoms with van der Waals surface area (Å²) in [5.74, 6) is 0.267. The van der Waals surface area contributed by atoms with Gasteiger partial charge in [0.1, 0.15) is 5.75 Å². The Balaban J connectivity index is 2.18. The molecule has 0 bridgehead atoms. The van der Waals surface area contributed by atoms with Crippen molar-refractivity contribution in [2.45, 2.75) is 6.54 Å². The fraction of sp³-hybridized carbons (Fsp3) is 0.143. The third-order valence-electron chi connectivity index (χ3n) is 2.79. The molecule has 0 saturated heterocycles. The molecule has 0 aliphatic carbocycles. The van der Waals surface area contributed by atoms with Gasteiger partial charge in [0.05, 0.1) is 0 Å². The molecule has 0 radical (unpaired) electrons. The van der Waals surface area contributed by atoms with E-state index in [2.05, 4.69) is 15.9 Å². The number of hydrogen-bond donors (Lipinski definition) is 2. The number of benzene rings is 2. The van der Waals surface area contributed by atoms with Crippen molar-refractivity contribution in [3.05, 3.63) is 52.5 Å². The Labute approximate surface area is 115 Å². The zero-order chi connectivity index (χ0) is 13.1. The van der Waals surface area contributed by atoms with Crippen molar-refractivity contribution >= 4 is 27.3 Å². The molecule has 18 heavy (non-hydrogen) atoms. The van der Waals surface area contributed by atoms with Gasteiger partial charge < -0.3 is 15.7 Å². The zero-order valence-electron chi connectivity index (χ0n) is 10.1. The topological polar surface area (TPSA) is 49.5 Å². The van der Waals surface area contributed by atoms with E-state index in [1.165, 1.54) is 0 Å². The van der Waals surface area contributed by atoms with Crippen LogP contribution in [0, 0.1) is 0 Å². The summed E-state index contributed by atoms with van der Waals surface area (Å²) >= 11 is 3.39. The molecule has 0 spiro atoms. The van der Waals surface area contributed by atoms with E-state index in [0.717, 1.165) is 21.4 Å². The van der Waals surface area contributed by atoms with E-state index in [-0.39, 0.29) is 5.75 Å². The molecular formula is C14H15BrN2O. The minimum Gasteiger partial charge on any atom is -0.508 e. The number of nitrogens with zero attached hydrogens (tertiary/aromatic N) is 1. The molecule has 0 aliphatic heterocycles. The molecule has 2 rings (SSSR count). The van der Waals surface area contributed by atoms with Crippen LogP contribution >= 0.6 is 15.9 Å². The van der Waals surface area contributed by atoms with E-state index >= 15 is 0 Å². The average Bonchev–Trinajstić information content (AvgIpc) is 2.32. The van der Waals surface area contributed by atoms with Gasteiger partial charge in [-0.05, 0) is 29.8 Å². The third-order valence-corrected chi connectivity index (χ3v) is 3.28. The molecule has 0 unspecified atom stereocenters. The Kier molecular flexibility index (Phi) is 3.77. The molecule has 0 aromatic heterocycles. The first-order valence-corrected chi connectivity index (χ1v) is 6.39. The van der Waals surface area contributed by atoms with Crippen molar-refractivity contribution in [2.75, 3.05) is 17.7 Å². The monoisotopic (exact) mass is 306 g/mol. The number of nitrogens with two attached hydrogens (primary N) is 1. The van der Waals surface area contributed by atoms with E-state index in [1.807, 2.05) is 42.3 Å². The molecule has 0 atom stereocenters. The van der Waals surface area contributed by atoms with E-state index in [1.54, 1.807) is 12.1 Å². The smallest absolute Gasteiger partial charge is 0.117 e. The summed E-state index contributed by atoms with van der Waals surface area (Å²) in [6, 6.07) is 13.0. The summed E-state index contributed by atoms with van der Waals surface area (Å²) in [4.78, 5) is 2.04. The maximum Gasteiger partial charge on any atom is 0.117 e. The summed E-state index contributed by atoms with van der Waals surface area (Å²) < 4.78 is 0.976. The highest BCUT2D eigenvalue weighted by Gasteiger charge is 2.06. The van der Waals surface area contributed by atoms with Crippen LogP contribution in [0.25, 0.3) is 0 Å². The van der Waals surface area contributed by atoms with Gasteiger partial charge in [-0.1, -0.05) is 28.1 Å². The van der Waals surface area contributed by atoms with Crippen LogP contribution in [0.2, 0.25) is 0 Å². The molecule has 3 nitrogen and oxygen atoms in total. The lowest BCUT2D eigenvalue weighted by molar-refractivity contribution is 0.475. The number of phenolic OH excluding ortho intramolecular Hbond substituents is 1. The summed E-state index contributed by atoms with van der Waals surface area (Å²) in [6.45, 7) is 0.697. The largest absolute Gasteiger partial charge is 0.508 e. The first-order valence-electron chi connectivity index (χ1n) is 5.60. The van der Waals surface area contributed by atoms with E-state index < -0.39 is 0 Å². The Morgan fingerprint density at radius 1 is 1.22 bits per heavy atom. The molecule has 94 valence electrons. The van der Waals surface area contributed by atoms with Crippen molar-refractivity contribution in [3.8, 4) is 5.75 Å². The van der Waals surface area contributed by atoms with Crippen LogP contribution in [0.3, 0.4) is 0 Å². The first kappa shape index (κ1) is 12.8. The van der Waals surface area contributed by atoms with Crippen LogP contribution in [0.1, 0.15) is 5.56 Å². The van der Waals surface area contributed by atoms with Crippen molar-refractivity contribution < 1.29 is 5.11 Å². The van der Waals surface area contributed by atoms with E-state index in [0.29, 0.717) is 6.54 Å². The summed E-state index contributed by atoms with van der Waals surface area (Å²) in [6.07, 6.45) is 0. The van der Waals surface area contributed by atoms with Crippen LogP contribution < -0.4 is 10.6 Å².